The molecule has 3 fully saturated rings. The average Bonchev–Trinajstić information content (AvgIpc) is 2.99. The molecule has 0 aromatic heterocycles. The third-order valence-corrected chi connectivity index (χ3v) is 4.21. The number of fused-ring (bicyclic) bond motifs is 2. The molecule has 2 bridgehead atoms. The molecule has 80 valence electrons. The molecule has 0 aromatic carbocycles. The van der Waals surface area contributed by atoms with Crippen LogP contribution in [0.1, 0.15) is 38.5 Å². The minimum Gasteiger partial charge on any atom is -0.315 e. The van der Waals surface area contributed by atoms with Gasteiger partial charge in [-0.15, -0.1) is 0 Å². The second-order valence-electron chi connectivity index (χ2n) is 5.37. The van der Waals surface area contributed by atoms with E-state index in [1.54, 1.807) is 0 Å². The molecule has 2 saturated heterocycles. The highest BCUT2D eigenvalue weighted by Crippen LogP contribution is 2.34. The molecule has 1 aliphatic carbocycles. The van der Waals surface area contributed by atoms with Crippen molar-refractivity contribution in [2.75, 3.05) is 19.6 Å². The second kappa shape index (κ2) is 3.82. The Labute approximate surface area is 87.0 Å². The van der Waals surface area contributed by atoms with Crippen molar-refractivity contribution in [2.24, 2.45) is 5.92 Å². The molecule has 0 spiro atoms. The summed E-state index contributed by atoms with van der Waals surface area (Å²) in [7, 11) is 0. The van der Waals surface area contributed by atoms with E-state index in [4.69, 9.17) is 0 Å². The Hall–Kier alpha value is -0.0800. The van der Waals surface area contributed by atoms with E-state index in [1.165, 1.54) is 58.2 Å². The van der Waals surface area contributed by atoms with Crippen LogP contribution in [0.25, 0.3) is 0 Å². The minimum atomic E-state index is 0.872. The molecule has 0 unspecified atom stereocenters. The first-order chi connectivity index (χ1) is 6.93. The number of hydrogen-bond donors (Lipinski definition) is 1. The van der Waals surface area contributed by atoms with Crippen molar-refractivity contribution in [1.29, 1.82) is 0 Å². The van der Waals surface area contributed by atoms with E-state index in [2.05, 4.69) is 10.2 Å². The summed E-state index contributed by atoms with van der Waals surface area (Å²) in [6.07, 6.45) is 8.77. The topological polar surface area (TPSA) is 15.3 Å². The van der Waals surface area contributed by atoms with E-state index in [0.29, 0.717) is 0 Å². The number of piperidine rings is 1. The maximum Gasteiger partial charge on any atom is 0.0223 e. The molecule has 1 saturated carbocycles. The lowest BCUT2D eigenvalue weighted by Gasteiger charge is -2.40. The fourth-order valence-corrected chi connectivity index (χ4v) is 3.18. The Kier molecular flexibility index (Phi) is 2.50. The van der Waals surface area contributed by atoms with Crippen molar-refractivity contribution in [3.63, 3.8) is 0 Å². The highest BCUT2D eigenvalue weighted by molar-refractivity contribution is 4.91. The molecule has 0 radical (unpaired) electrons. The van der Waals surface area contributed by atoms with Crippen molar-refractivity contribution < 1.29 is 0 Å². The van der Waals surface area contributed by atoms with Gasteiger partial charge in [0.05, 0.1) is 0 Å². The SMILES string of the molecule is C1C[C@@H]2CCNC[C@@H](C1)N2CC1CC1. The third-order valence-electron chi connectivity index (χ3n) is 4.21. The Morgan fingerprint density at radius 2 is 1.86 bits per heavy atom. The van der Waals surface area contributed by atoms with Crippen LogP contribution in [0, 0.1) is 5.92 Å². The largest absolute Gasteiger partial charge is 0.315 e. The van der Waals surface area contributed by atoms with Gasteiger partial charge >= 0.3 is 0 Å². The van der Waals surface area contributed by atoms with Gasteiger partial charge in [0, 0.05) is 25.2 Å². The highest BCUT2D eigenvalue weighted by atomic mass is 15.2. The molecule has 1 N–H and O–H groups in total. The van der Waals surface area contributed by atoms with Crippen molar-refractivity contribution in [3.8, 4) is 0 Å². The molecule has 0 aromatic rings. The van der Waals surface area contributed by atoms with Gasteiger partial charge < -0.3 is 5.32 Å². The van der Waals surface area contributed by atoms with Gasteiger partial charge in [0.25, 0.3) is 0 Å². The van der Waals surface area contributed by atoms with Gasteiger partial charge in [-0.2, -0.15) is 0 Å². The molecule has 2 heteroatoms. The van der Waals surface area contributed by atoms with E-state index in [9.17, 15) is 0 Å². The molecule has 2 nitrogen and oxygen atoms in total. The van der Waals surface area contributed by atoms with Crippen LogP contribution in [0.5, 0.6) is 0 Å². The highest BCUT2D eigenvalue weighted by Gasteiger charge is 2.35. The van der Waals surface area contributed by atoms with Gasteiger partial charge in [0.1, 0.15) is 0 Å². The average molecular weight is 194 g/mol. The molecule has 3 aliphatic rings. The van der Waals surface area contributed by atoms with Crippen LogP contribution < -0.4 is 5.32 Å². The van der Waals surface area contributed by atoms with Gasteiger partial charge in [0.15, 0.2) is 0 Å². The zero-order chi connectivity index (χ0) is 9.38. The molecule has 14 heavy (non-hydrogen) atoms. The first-order valence-electron chi connectivity index (χ1n) is 6.40. The Bertz CT molecular complexity index is 186. The predicted molar refractivity (Wildman–Crippen MR) is 58.3 cm³/mol. The van der Waals surface area contributed by atoms with Crippen LogP contribution in [0.15, 0.2) is 0 Å². The van der Waals surface area contributed by atoms with E-state index < -0.39 is 0 Å². The molecular formula is C12H22N2. The van der Waals surface area contributed by atoms with Gasteiger partial charge in [0.2, 0.25) is 0 Å². The summed E-state index contributed by atoms with van der Waals surface area (Å²) in [5.41, 5.74) is 0. The van der Waals surface area contributed by atoms with Crippen molar-refractivity contribution >= 4 is 0 Å². The fraction of sp³-hybridized carbons (Fsp3) is 1.00. The Morgan fingerprint density at radius 1 is 1.00 bits per heavy atom. The van der Waals surface area contributed by atoms with Crippen molar-refractivity contribution in [1.82, 2.24) is 10.2 Å². The summed E-state index contributed by atoms with van der Waals surface area (Å²) in [5.74, 6) is 1.07. The van der Waals surface area contributed by atoms with E-state index in [-0.39, 0.29) is 0 Å². The van der Waals surface area contributed by atoms with Gasteiger partial charge in [-0.05, 0) is 44.6 Å². The van der Waals surface area contributed by atoms with Gasteiger partial charge in [-0.3, -0.25) is 4.90 Å². The lowest BCUT2D eigenvalue weighted by atomic mass is 9.94. The maximum atomic E-state index is 3.60. The molecule has 0 amide bonds. The van der Waals surface area contributed by atoms with Gasteiger partial charge in [-0.1, -0.05) is 6.42 Å². The quantitative estimate of drug-likeness (QED) is 0.718. The monoisotopic (exact) mass is 194 g/mol. The standard InChI is InChI=1S/C12H22N2/c1-2-11-6-7-13-8-12(3-1)14(11)9-10-4-5-10/h10-13H,1-9H2/t11-,12-/m1/s1. The molecule has 2 heterocycles. The second-order valence-corrected chi connectivity index (χ2v) is 5.37. The summed E-state index contributed by atoms with van der Waals surface area (Å²) < 4.78 is 0. The van der Waals surface area contributed by atoms with Crippen LogP contribution in [-0.4, -0.2) is 36.6 Å². The third kappa shape index (κ3) is 1.82. The normalized spacial score (nSPS) is 39.4. The van der Waals surface area contributed by atoms with Crippen LogP contribution >= 0.6 is 0 Å². The molecule has 2 aliphatic heterocycles. The number of rotatable bonds is 2. The lowest BCUT2D eigenvalue weighted by molar-refractivity contribution is 0.0880. The van der Waals surface area contributed by atoms with Crippen LogP contribution in [0.3, 0.4) is 0 Å². The first kappa shape index (κ1) is 9.17. The van der Waals surface area contributed by atoms with Crippen molar-refractivity contribution in [3.05, 3.63) is 0 Å². The molecular weight excluding hydrogens is 172 g/mol. The van der Waals surface area contributed by atoms with Crippen molar-refractivity contribution in [2.45, 2.75) is 50.6 Å². The summed E-state index contributed by atoms with van der Waals surface area (Å²) in [4.78, 5) is 2.85. The number of hydrogen-bond acceptors (Lipinski definition) is 2. The number of nitrogens with zero attached hydrogens (tertiary/aromatic N) is 1. The Balaban J connectivity index is 1.69. The summed E-state index contributed by atoms with van der Waals surface area (Å²) >= 11 is 0. The molecule has 2 atom stereocenters. The summed E-state index contributed by atoms with van der Waals surface area (Å²) in [6.45, 7) is 3.92. The van der Waals surface area contributed by atoms with Crippen LogP contribution in [0.4, 0.5) is 0 Å². The minimum absolute atomic E-state index is 0.872. The van der Waals surface area contributed by atoms with Crippen LogP contribution in [0.2, 0.25) is 0 Å². The predicted octanol–water partition coefficient (Wildman–Crippen LogP) is 1.61. The van der Waals surface area contributed by atoms with Crippen LogP contribution in [-0.2, 0) is 0 Å². The zero-order valence-electron chi connectivity index (χ0n) is 9.04. The zero-order valence-corrected chi connectivity index (χ0v) is 9.04. The smallest absolute Gasteiger partial charge is 0.0223 e. The Morgan fingerprint density at radius 3 is 2.71 bits per heavy atom. The maximum absolute atomic E-state index is 3.60. The summed E-state index contributed by atoms with van der Waals surface area (Å²) in [5, 5.41) is 3.60. The van der Waals surface area contributed by atoms with Gasteiger partial charge in [-0.25, -0.2) is 0 Å². The molecule has 3 rings (SSSR count). The van der Waals surface area contributed by atoms with E-state index in [0.717, 1.165) is 18.0 Å². The van der Waals surface area contributed by atoms with E-state index >= 15 is 0 Å². The number of nitrogens with one attached hydrogen (secondary N) is 1. The van der Waals surface area contributed by atoms with E-state index in [1.807, 2.05) is 0 Å². The summed E-state index contributed by atoms with van der Waals surface area (Å²) in [6, 6.07) is 1.79. The lowest BCUT2D eigenvalue weighted by Crippen LogP contribution is -2.48. The first-order valence-corrected chi connectivity index (χ1v) is 6.40. The fourth-order valence-electron chi connectivity index (χ4n) is 3.18.